The van der Waals surface area contributed by atoms with Gasteiger partial charge in [0, 0.05) is 14.1 Å². The first kappa shape index (κ1) is 16.1. The third-order valence-corrected chi connectivity index (χ3v) is 1.94. The maximum absolute atomic E-state index is 11.6. The van der Waals surface area contributed by atoms with Gasteiger partial charge >= 0.3 is 0 Å². The Balaban J connectivity index is 0. The molecule has 0 fully saturated rings. The molecule has 1 rings (SSSR count). The van der Waals surface area contributed by atoms with E-state index in [-0.39, 0.29) is 5.91 Å². The van der Waals surface area contributed by atoms with Crippen LogP contribution < -0.4 is 0 Å². The molecule has 0 radical (unpaired) electrons. The molecule has 0 saturated heterocycles. The van der Waals surface area contributed by atoms with Gasteiger partial charge < -0.3 is 4.90 Å². The van der Waals surface area contributed by atoms with Crippen molar-refractivity contribution in [2.45, 2.75) is 27.7 Å². The Morgan fingerprint density at radius 3 is 2.12 bits per heavy atom. The van der Waals surface area contributed by atoms with Crippen LogP contribution in [0.15, 0.2) is 12.1 Å². The van der Waals surface area contributed by atoms with Crippen LogP contribution in [0.2, 0.25) is 0 Å². The molecule has 1 aromatic rings. The summed E-state index contributed by atoms with van der Waals surface area (Å²) < 4.78 is 0. The molecule has 0 spiro atoms. The van der Waals surface area contributed by atoms with Crippen LogP contribution >= 0.6 is 0 Å². The SMILES string of the molecule is CC.Cc1[c-]cc(C(=O)N(C)C)c(C)c1.[Rf]. The van der Waals surface area contributed by atoms with Crippen molar-refractivity contribution in [1.82, 2.24) is 4.90 Å². The van der Waals surface area contributed by atoms with Crippen molar-refractivity contribution < 1.29 is 4.79 Å². The Bertz CT molecular complexity index is 335. The molecule has 0 atom stereocenters. The smallest absolute Gasteiger partial charge is 0.197 e. The van der Waals surface area contributed by atoms with Gasteiger partial charge in [0.25, 0.3) is 0 Å². The fourth-order valence-corrected chi connectivity index (χ4v) is 1.22. The molecule has 1 amide bonds. The number of amides is 1. The van der Waals surface area contributed by atoms with E-state index < -0.39 is 0 Å². The van der Waals surface area contributed by atoms with Crippen molar-refractivity contribution in [1.29, 1.82) is 0 Å². The van der Waals surface area contributed by atoms with Gasteiger partial charge in [0.1, 0.15) is 0 Å². The molecule has 3 heteroatoms. The Kier molecular flexibility index (Phi) is 7.10. The van der Waals surface area contributed by atoms with Gasteiger partial charge in [-0.1, -0.05) is 33.3 Å². The predicted octanol–water partition coefficient (Wildman–Crippen LogP) is 2.83. The quantitative estimate of drug-likeness (QED) is 0.575. The molecule has 0 bridgehead atoms. The third kappa shape index (κ3) is 3.82. The summed E-state index contributed by atoms with van der Waals surface area (Å²) in [7, 11) is 3.50. The molecule has 0 aromatic heterocycles. The van der Waals surface area contributed by atoms with Crippen molar-refractivity contribution in [3.63, 3.8) is 0 Å². The summed E-state index contributed by atoms with van der Waals surface area (Å²) in [4.78, 5) is 13.2. The zero-order valence-corrected chi connectivity index (χ0v) is 17.6. The van der Waals surface area contributed by atoms with Gasteiger partial charge in [-0.2, -0.15) is 23.8 Å². The summed E-state index contributed by atoms with van der Waals surface area (Å²) >= 11 is 0. The maximum Gasteiger partial charge on any atom is 0.197 e. The predicted molar refractivity (Wildman–Crippen MR) is 64.1 cm³/mol. The molecule has 0 aliphatic heterocycles. The van der Waals surface area contributed by atoms with Crippen LogP contribution in [-0.4, -0.2) is 24.9 Å². The summed E-state index contributed by atoms with van der Waals surface area (Å²) in [5.74, 6) is 0.0359. The minimum absolute atomic E-state index is 0. The first-order valence-electron chi connectivity index (χ1n) is 5.23. The van der Waals surface area contributed by atoms with Gasteiger partial charge in [-0.3, -0.25) is 4.79 Å². The van der Waals surface area contributed by atoms with Crippen LogP contribution in [0.5, 0.6) is 0 Å². The van der Waals surface area contributed by atoms with Crippen molar-refractivity contribution in [2.24, 2.45) is 0 Å². The fourth-order valence-electron chi connectivity index (χ4n) is 1.22. The van der Waals surface area contributed by atoms with Crippen molar-refractivity contribution in [3.8, 4) is 0 Å². The number of carbonyl (C=O) groups excluding carboxylic acids is 1. The number of nitrogens with zero attached hydrogens (tertiary/aromatic N) is 1. The molecule has 0 N–H and O–H groups in total. The number of hydrogen-bond donors (Lipinski definition) is 0. The molecule has 1 aromatic carbocycles. The Hall–Kier alpha value is -2.31. The second-order valence-corrected chi connectivity index (χ2v) is 3.41. The summed E-state index contributed by atoms with van der Waals surface area (Å²) in [6, 6.07) is 6.75. The summed E-state index contributed by atoms with van der Waals surface area (Å²) in [6.45, 7) is 7.91. The van der Waals surface area contributed by atoms with Crippen LogP contribution in [0, 0.1) is 19.9 Å². The number of carbonyl (C=O) groups is 1. The average Bonchev–Trinajstić information content (AvgIpc) is 2.20. The van der Waals surface area contributed by atoms with E-state index in [1.54, 1.807) is 25.1 Å². The molecule has 16 heavy (non-hydrogen) atoms. The Labute approximate surface area is 92.9 Å². The standard InChI is InChI=1S/C11H14NO.C2H6.Rf/c1-8-5-6-10(9(2)7-8)11(13)12(3)4;1-2;/h6-7H,1-4H3;1-2H3;/q-1;;. The van der Waals surface area contributed by atoms with E-state index in [2.05, 4.69) is 6.07 Å². The molecule has 2 nitrogen and oxygen atoms in total. The van der Waals surface area contributed by atoms with Crippen LogP contribution in [-0.2, 0) is 0 Å². The molecular weight excluding hydrogens is 453 g/mol. The van der Waals surface area contributed by atoms with Gasteiger partial charge in [-0.05, 0) is 0 Å². The molecule has 86 valence electrons. The topological polar surface area (TPSA) is 20.3 Å². The van der Waals surface area contributed by atoms with Crippen LogP contribution in [0.4, 0.5) is 0 Å². The minimum atomic E-state index is 0. The molecule has 0 unspecified atom stereocenters. The van der Waals surface area contributed by atoms with E-state index >= 15 is 0 Å². The molecular formula is C13H20NORf-. The van der Waals surface area contributed by atoms with Gasteiger partial charge in [0.2, 0.25) is 0 Å². The summed E-state index contributed by atoms with van der Waals surface area (Å²) in [6.07, 6.45) is 0. The van der Waals surface area contributed by atoms with Gasteiger partial charge in [0.15, 0.2) is 5.91 Å². The molecule has 0 heterocycles. The Morgan fingerprint density at radius 1 is 1.25 bits per heavy atom. The van der Waals surface area contributed by atoms with E-state index in [4.69, 9.17) is 0 Å². The van der Waals surface area contributed by atoms with E-state index in [9.17, 15) is 4.79 Å². The summed E-state index contributed by atoms with van der Waals surface area (Å²) in [5.41, 5.74) is 2.80. The minimum Gasteiger partial charge on any atom is -0.355 e. The van der Waals surface area contributed by atoms with Gasteiger partial charge in [-0.15, -0.1) is 5.56 Å². The third-order valence-electron chi connectivity index (χ3n) is 1.94. The molecule has 0 aliphatic carbocycles. The van der Waals surface area contributed by atoms with E-state index in [0.29, 0.717) is 0 Å². The van der Waals surface area contributed by atoms with E-state index in [1.165, 1.54) is 0 Å². The molecule has 0 aliphatic rings. The molecule has 0 saturated carbocycles. The largest absolute Gasteiger partial charge is 0.355 e. The Morgan fingerprint density at radius 2 is 1.75 bits per heavy atom. The fraction of sp³-hybridized carbons (Fsp3) is 0.462. The number of hydrogen-bond acceptors (Lipinski definition) is 1. The van der Waals surface area contributed by atoms with Crippen LogP contribution in [0.1, 0.15) is 35.3 Å². The first-order valence-corrected chi connectivity index (χ1v) is 5.23. The van der Waals surface area contributed by atoms with Crippen molar-refractivity contribution in [2.75, 3.05) is 14.1 Å². The normalized spacial score (nSPS) is 8.38. The zero-order valence-electron chi connectivity index (χ0n) is 11.2. The number of benzene rings is 1. The zero-order chi connectivity index (χ0) is 12.0. The van der Waals surface area contributed by atoms with Gasteiger partial charge in [-0.25, -0.2) is 0 Å². The van der Waals surface area contributed by atoms with Crippen LogP contribution in [0.3, 0.4) is 0 Å². The maximum atomic E-state index is 11.6. The number of rotatable bonds is 1. The monoisotopic (exact) mass is 473 g/mol. The van der Waals surface area contributed by atoms with Crippen molar-refractivity contribution in [3.05, 3.63) is 34.9 Å². The second-order valence-electron chi connectivity index (χ2n) is 3.41. The van der Waals surface area contributed by atoms with Crippen LogP contribution in [0.25, 0.3) is 0 Å². The summed E-state index contributed by atoms with van der Waals surface area (Å²) in [5, 5.41) is 0. The number of aryl methyl sites for hydroxylation is 2. The second kappa shape index (κ2) is 7.04. The van der Waals surface area contributed by atoms with Crippen molar-refractivity contribution >= 4 is 5.91 Å². The average molecular weight is 473 g/mol. The van der Waals surface area contributed by atoms with Gasteiger partial charge in [0.05, 0.1) is 0 Å². The first-order chi connectivity index (χ1) is 7.02. The van der Waals surface area contributed by atoms with E-state index in [1.807, 2.05) is 33.8 Å². The van der Waals surface area contributed by atoms with E-state index in [0.717, 1.165) is 16.7 Å².